The van der Waals surface area contributed by atoms with Crippen LogP contribution in [0.5, 0.6) is 0 Å². The maximum atomic E-state index is 10.6. The fourth-order valence-corrected chi connectivity index (χ4v) is 2.55. The van der Waals surface area contributed by atoms with Crippen molar-refractivity contribution in [3.63, 3.8) is 0 Å². The van der Waals surface area contributed by atoms with Gasteiger partial charge in [0.1, 0.15) is 0 Å². The lowest BCUT2D eigenvalue weighted by Gasteiger charge is -2.13. The molecule has 2 atom stereocenters. The van der Waals surface area contributed by atoms with E-state index < -0.39 is 20.6 Å². The topological polar surface area (TPSA) is 95.5 Å². The Hall–Kier alpha value is -2.22. The SMILES string of the molecule is O=[N+]([O-])c1ccc(C(Cl)COCC(Cl)c2ccc([N+](=O)[O-])cc2)cc1. The van der Waals surface area contributed by atoms with E-state index in [-0.39, 0.29) is 24.6 Å². The highest BCUT2D eigenvalue weighted by Crippen LogP contribution is 2.26. The Morgan fingerprint density at radius 3 is 1.36 bits per heavy atom. The minimum Gasteiger partial charge on any atom is -0.378 e. The van der Waals surface area contributed by atoms with Crippen LogP contribution in [0.3, 0.4) is 0 Å². The zero-order valence-corrected chi connectivity index (χ0v) is 14.4. The van der Waals surface area contributed by atoms with Gasteiger partial charge >= 0.3 is 0 Å². The summed E-state index contributed by atoms with van der Waals surface area (Å²) in [7, 11) is 0. The Balaban J connectivity index is 1.84. The summed E-state index contributed by atoms with van der Waals surface area (Å²) < 4.78 is 5.49. The van der Waals surface area contributed by atoms with E-state index in [4.69, 9.17) is 27.9 Å². The van der Waals surface area contributed by atoms with Crippen LogP contribution in [0.25, 0.3) is 0 Å². The predicted octanol–water partition coefficient (Wildman–Crippen LogP) is 4.78. The molecule has 0 aliphatic heterocycles. The highest BCUT2D eigenvalue weighted by molar-refractivity contribution is 6.21. The molecule has 0 amide bonds. The monoisotopic (exact) mass is 384 g/mol. The molecule has 0 fully saturated rings. The molecule has 0 aromatic heterocycles. The van der Waals surface area contributed by atoms with Gasteiger partial charge in [0.25, 0.3) is 11.4 Å². The van der Waals surface area contributed by atoms with Crippen LogP contribution in [0.4, 0.5) is 11.4 Å². The minimum absolute atomic E-state index is 0.00692. The molecule has 2 aromatic carbocycles. The Bertz CT molecular complexity index is 674. The molecule has 9 heteroatoms. The van der Waals surface area contributed by atoms with Gasteiger partial charge in [-0.25, -0.2) is 0 Å². The molecule has 0 N–H and O–H groups in total. The van der Waals surface area contributed by atoms with Gasteiger partial charge in [0, 0.05) is 24.3 Å². The molecule has 132 valence electrons. The summed E-state index contributed by atoms with van der Waals surface area (Å²) in [5.74, 6) is 0. The first-order chi connectivity index (χ1) is 11.9. The average molecular weight is 385 g/mol. The maximum absolute atomic E-state index is 10.6. The van der Waals surface area contributed by atoms with E-state index in [0.717, 1.165) is 0 Å². The normalized spacial score (nSPS) is 13.2. The summed E-state index contributed by atoms with van der Waals surface area (Å²) in [6.45, 7) is 0.352. The summed E-state index contributed by atoms with van der Waals surface area (Å²) in [6.07, 6.45) is 0. The van der Waals surface area contributed by atoms with Crippen LogP contribution in [-0.4, -0.2) is 23.1 Å². The molecule has 0 aliphatic carbocycles. The van der Waals surface area contributed by atoms with Crippen molar-refractivity contribution in [3.8, 4) is 0 Å². The Morgan fingerprint density at radius 2 is 1.08 bits per heavy atom. The van der Waals surface area contributed by atoms with E-state index in [0.29, 0.717) is 11.1 Å². The highest BCUT2D eigenvalue weighted by atomic mass is 35.5. The largest absolute Gasteiger partial charge is 0.378 e. The van der Waals surface area contributed by atoms with Gasteiger partial charge in [0.05, 0.1) is 33.8 Å². The van der Waals surface area contributed by atoms with Crippen molar-refractivity contribution in [2.24, 2.45) is 0 Å². The molecular formula is C16H14Cl2N2O5. The molecule has 0 spiro atoms. The van der Waals surface area contributed by atoms with E-state index >= 15 is 0 Å². The molecule has 0 aliphatic rings. The number of nitro groups is 2. The van der Waals surface area contributed by atoms with Gasteiger partial charge in [-0.1, -0.05) is 24.3 Å². The van der Waals surface area contributed by atoms with Crippen LogP contribution < -0.4 is 0 Å². The van der Waals surface area contributed by atoms with Gasteiger partial charge in [-0.2, -0.15) is 0 Å². The second-order valence-electron chi connectivity index (χ2n) is 5.17. The number of hydrogen-bond donors (Lipinski definition) is 0. The van der Waals surface area contributed by atoms with Crippen molar-refractivity contribution in [3.05, 3.63) is 79.9 Å². The number of non-ortho nitro benzene ring substituents is 2. The zero-order chi connectivity index (χ0) is 18.4. The van der Waals surface area contributed by atoms with Gasteiger partial charge in [-0.3, -0.25) is 20.2 Å². The molecule has 25 heavy (non-hydrogen) atoms. The fraction of sp³-hybridized carbons (Fsp3) is 0.250. The van der Waals surface area contributed by atoms with Gasteiger partial charge in [-0.15, -0.1) is 23.2 Å². The molecule has 0 saturated carbocycles. The first-order valence-corrected chi connectivity index (χ1v) is 8.10. The van der Waals surface area contributed by atoms with Gasteiger partial charge in [0.15, 0.2) is 0 Å². The third-order valence-corrected chi connectivity index (χ3v) is 4.22. The third kappa shape index (κ3) is 5.38. The molecule has 2 aromatic rings. The van der Waals surface area contributed by atoms with E-state index in [1.54, 1.807) is 24.3 Å². The van der Waals surface area contributed by atoms with Crippen molar-refractivity contribution < 1.29 is 14.6 Å². The van der Waals surface area contributed by atoms with Crippen LogP contribution in [-0.2, 0) is 4.74 Å². The van der Waals surface area contributed by atoms with Crippen molar-refractivity contribution in [1.82, 2.24) is 0 Å². The summed E-state index contributed by atoms with van der Waals surface area (Å²) in [5.41, 5.74) is 1.39. The summed E-state index contributed by atoms with van der Waals surface area (Å²) in [6, 6.07) is 11.8. The van der Waals surface area contributed by atoms with Gasteiger partial charge in [-0.05, 0) is 11.1 Å². The summed E-state index contributed by atoms with van der Waals surface area (Å²) in [5, 5.41) is 20.3. The molecule has 7 nitrogen and oxygen atoms in total. The highest BCUT2D eigenvalue weighted by Gasteiger charge is 2.14. The van der Waals surface area contributed by atoms with Crippen molar-refractivity contribution in [1.29, 1.82) is 0 Å². The molecule has 0 saturated heterocycles. The molecule has 0 bridgehead atoms. The van der Waals surface area contributed by atoms with Crippen LogP contribution in [0.15, 0.2) is 48.5 Å². The lowest BCUT2D eigenvalue weighted by molar-refractivity contribution is -0.385. The number of ether oxygens (including phenoxy) is 1. The molecular weight excluding hydrogens is 371 g/mol. The Kier molecular flexibility index (Phi) is 6.69. The number of benzene rings is 2. The maximum Gasteiger partial charge on any atom is 0.269 e. The zero-order valence-electron chi connectivity index (χ0n) is 12.9. The van der Waals surface area contributed by atoms with E-state index in [9.17, 15) is 20.2 Å². The van der Waals surface area contributed by atoms with Gasteiger partial charge in [0.2, 0.25) is 0 Å². The van der Waals surface area contributed by atoms with E-state index in [2.05, 4.69) is 0 Å². The van der Waals surface area contributed by atoms with Crippen LogP contribution >= 0.6 is 23.2 Å². The summed E-state index contributed by atoms with van der Waals surface area (Å²) >= 11 is 12.4. The van der Waals surface area contributed by atoms with Gasteiger partial charge < -0.3 is 4.74 Å². The quantitative estimate of drug-likeness (QED) is 0.370. The van der Waals surface area contributed by atoms with Crippen molar-refractivity contribution >= 4 is 34.6 Å². The van der Waals surface area contributed by atoms with Crippen LogP contribution in [0, 0.1) is 20.2 Å². The predicted molar refractivity (Wildman–Crippen MR) is 94.2 cm³/mol. The smallest absolute Gasteiger partial charge is 0.269 e. The number of nitro benzene ring substituents is 2. The lowest BCUT2D eigenvalue weighted by Crippen LogP contribution is -2.07. The van der Waals surface area contributed by atoms with E-state index in [1.165, 1.54) is 24.3 Å². The third-order valence-electron chi connectivity index (χ3n) is 3.46. The second kappa shape index (κ2) is 8.75. The molecule has 2 rings (SSSR count). The average Bonchev–Trinajstić information content (AvgIpc) is 2.61. The van der Waals surface area contributed by atoms with E-state index in [1.807, 2.05) is 0 Å². The number of nitrogens with zero attached hydrogens (tertiary/aromatic N) is 2. The molecule has 0 heterocycles. The van der Waals surface area contributed by atoms with Crippen LogP contribution in [0.2, 0.25) is 0 Å². The van der Waals surface area contributed by atoms with Crippen LogP contribution in [0.1, 0.15) is 21.9 Å². The standard InChI is InChI=1S/C16H14Cl2N2O5/c17-15(11-1-5-13(6-2-11)19(21)22)9-25-10-16(18)12-3-7-14(8-4-12)20(23)24/h1-8,15-16H,9-10H2. The Labute approximate surface area is 153 Å². The molecule has 0 radical (unpaired) electrons. The number of hydrogen-bond acceptors (Lipinski definition) is 5. The first-order valence-electron chi connectivity index (χ1n) is 7.23. The number of alkyl halides is 2. The minimum atomic E-state index is -0.480. The van der Waals surface area contributed by atoms with Crippen molar-refractivity contribution in [2.45, 2.75) is 10.8 Å². The first kappa shape index (κ1) is 19.1. The number of halogens is 2. The Morgan fingerprint density at radius 1 is 0.760 bits per heavy atom. The lowest BCUT2D eigenvalue weighted by atomic mass is 10.1. The van der Waals surface area contributed by atoms with Crippen molar-refractivity contribution in [2.75, 3.05) is 13.2 Å². The summed E-state index contributed by atoms with van der Waals surface area (Å²) in [4.78, 5) is 20.3. The molecule has 2 unspecified atom stereocenters. The fourth-order valence-electron chi connectivity index (χ4n) is 2.08. The second-order valence-corrected chi connectivity index (χ2v) is 6.22. The number of rotatable bonds is 8.